The first-order valence-electron chi connectivity index (χ1n) is 7.29. The number of aliphatic carboxylic acids is 1. The Balaban J connectivity index is 2.24. The lowest BCUT2D eigenvalue weighted by molar-refractivity contribution is -0.291. The van der Waals surface area contributed by atoms with Gasteiger partial charge in [-0.15, -0.1) is 0 Å². The smallest absolute Gasteiger partial charge is 0.303 e. The molecule has 0 aromatic rings. The maximum atomic E-state index is 11.1. The van der Waals surface area contributed by atoms with Crippen LogP contribution in [0.5, 0.6) is 0 Å². The first-order chi connectivity index (χ1) is 9.69. The highest BCUT2D eigenvalue weighted by Gasteiger charge is 2.37. The molecule has 0 aliphatic heterocycles. The number of carboxylic acid groups (broad SMARTS) is 1. The molecule has 0 aromatic heterocycles. The molecule has 0 bridgehead atoms. The first-order valence-corrected chi connectivity index (χ1v) is 7.29. The second-order valence-corrected chi connectivity index (χ2v) is 5.29. The molecule has 1 aliphatic rings. The van der Waals surface area contributed by atoms with Crippen LogP contribution >= 0.6 is 0 Å². The summed E-state index contributed by atoms with van der Waals surface area (Å²) in [6.07, 6.45) is 8.68. The Morgan fingerprint density at radius 1 is 1.25 bits per heavy atom. The summed E-state index contributed by atoms with van der Waals surface area (Å²) in [4.78, 5) is 31.5. The Morgan fingerprint density at radius 3 is 2.65 bits per heavy atom. The van der Waals surface area contributed by atoms with Gasteiger partial charge in [0.25, 0.3) is 0 Å². The number of hydrogen-bond donors (Lipinski definition) is 1. The molecule has 114 valence electrons. The van der Waals surface area contributed by atoms with E-state index in [2.05, 4.69) is 6.58 Å². The van der Waals surface area contributed by atoms with Gasteiger partial charge >= 0.3 is 5.97 Å². The molecule has 0 spiro atoms. The van der Waals surface area contributed by atoms with Crippen LogP contribution in [0.1, 0.15) is 51.4 Å². The summed E-state index contributed by atoms with van der Waals surface area (Å²) in [5.41, 5.74) is 0. The van der Waals surface area contributed by atoms with E-state index >= 15 is 0 Å². The van der Waals surface area contributed by atoms with Gasteiger partial charge in [0.2, 0.25) is 0 Å². The molecule has 1 saturated carbocycles. The lowest BCUT2D eigenvalue weighted by Crippen LogP contribution is -2.22. The van der Waals surface area contributed by atoms with Crippen molar-refractivity contribution in [1.29, 1.82) is 0 Å². The van der Waals surface area contributed by atoms with E-state index in [9.17, 15) is 9.59 Å². The van der Waals surface area contributed by atoms with Crippen molar-refractivity contribution in [2.24, 2.45) is 11.8 Å². The molecule has 1 fully saturated rings. The summed E-state index contributed by atoms with van der Waals surface area (Å²) in [7, 11) is 0. The van der Waals surface area contributed by atoms with Gasteiger partial charge < -0.3 is 14.8 Å². The Hall–Kier alpha value is -1.36. The van der Waals surface area contributed by atoms with E-state index in [1.165, 1.54) is 6.26 Å². The highest BCUT2D eigenvalue weighted by molar-refractivity contribution is 5.66. The molecule has 1 aliphatic carbocycles. The summed E-state index contributed by atoms with van der Waals surface area (Å²) < 4.78 is 0. The summed E-state index contributed by atoms with van der Waals surface area (Å²) in [6.45, 7) is 3.43. The number of hydrogen-bond acceptors (Lipinski definition) is 4. The topological polar surface area (TPSA) is 72.8 Å². The summed E-state index contributed by atoms with van der Waals surface area (Å²) in [5.74, 6) is -0.490. The minimum absolute atomic E-state index is 0.0396. The maximum Gasteiger partial charge on any atom is 0.303 e. The van der Waals surface area contributed by atoms with E-state index < -0.39 is 5.97 Å². The van der Waals surface area contributed by atoms with Crippen LogP contribution in [0, 0.1) is 11.8 Å². The molecular weight excluding hydrogens is 260 g/mol. The predicted molar refractivity (Wildman–Crippen MR) is 73.8 cm³/mol. The summed E-state index contributed by atoms with van der Waals surface area (Å²) in [6, 6.07) is 0. The third kappa shape index (κ3) is 5.74. The van der Waals surface area contributed by atoms with E-state index in [1.807, 2.05) is 0 Å². The van der Waals surface area contributed by atoms with Crippen molar-refractivity contribution < 1.29 is 24.5 Å². The molecule has 5 nitrogen and oxygen atoms in total. The highest BCUT2D eigenvalue weighted by atomic mass is 17.2. The molecular formula is C15H24O5. The average Bonchev–Trinajstić information content (AvgIpc) is 2.82. The number of aldehydes is 1. The molecule has 0 amide bonds. The molecule has 1 N–H and O–H groups in total. The zero-order valence-corrected chi connectivity index (χ0v) is 11.8. The van der Waals surface area contributed by atoms with Gasteiger partial charge in [-0.2, -0.15) is 4.89 Å². The molecule has 0 heterocycles. The molecule has 1 rings (SSSR count). The Bertz CT molecular complexity index is 315. The standard InChI is InChI=1S/C15H24O5/c1-2-19-20-14-10-9-12(11-16)13(14)7-5-3-4-6-8-15(17)18/h2,11-14H,1,3-10H2,(H,17,18). The second kappa shape index (κ2) is 9.53. The SMILES string of the molecule is C=COOC1CCC(C=O)C1CCCCCCC(=O)O. The van der Waals surface area contributed by atoms with Crippen LogP contribution in [0.3, 0.4) is 0 Å². The number of carbonyl (C=O) groups excluding carboxylic acids is 1. The van der Waals surface area contributed by atoms with Crippen molar-refractivity contribution in [3.63, 3.8) is 0 Å². The normalized spacial score (nSPS) is 25.3. The van der Waals surface area contributed by atoms with E-state index in [0.717, 1.165) is 51.2 Å². The largest absolute Gasteiger partial charge is 0.481 e. The van der Waals surface area contributed by atoms with Crippen LogP contribution in [0.15, 0.2) is 12.8 Å². The third-order valence-electron chi connectivity index (χ3n) is 3.91. The fraction of sp³-hybridized carbons (Fsp3) is 0.733. The van der Waals surface area contributed by atoms with Gasteiger partial charge in [0.15, 0.2) is 0 Å². The lowest BCUT2D eigenvalue weighted by atomic mass is 9.90. The van der Waals surface area contributed by atoms with Crippen molar-refractivity contribution in [2.75, 3.05) is 0 Å². The minimum atomic E-state index is -0.739. The average molecular weight is 284 g/mol. The van der Waals surface area contributed by atoms with Crippen LogP contribution in [-0.4, -0.2) is 23.5 Å². The summed E-state index contributed by atoms with van der Waals surface area (Å²) >= 11 is 0. The van der Waals surface area contributed by atoms with Crippen molar-refractivity contribution in [3.8, 4) is 0 Å². The zero-order chi connectivity index (χ0) is 14.8. The highest BCUT2D eigenvalue weighted by Crippen LogP contribution is 2.36. The molecule has 20 heavy (non-hydrogen) atoms. The second-order valence-electron chi connectivity index (χ2n) is 5.29. The monoisotopic (exact) mass is 284 g/mol. The van der Waals surface area contributed by atoms with E-state index in [-0.39, 0.29) is 24.4 Å². The third-order valence-corrected chi connectivity index (χ3v) is 3.91. The number of carbonyl (C=O) groups is 2. The Labute approximate surface area is 119 Å². The molecule has 0 radical (unpaired) electrons. The van der Waals surface area contributed by atoms with Crippen molar-refractivity contribution in [2.45, 2.75) is 57.5 Å². The van der Waals surface area contributed by atoms with Crippen molar-refractivity contribution in [1.82, 2.24) is 0 Å². The van der Waals surface area contributed by atoms with Gasteiger partial charge in [0.05, 0.1) is 0 Å². The molecule has 5 heteroatoms. The van der Waals surface area contributed by atoms with Gasteiger partial charge in [-0.05, 0) is 31.6 Å². The van der Waals surface area contributed by atoms with Gasteiger partial charge in [0, 0.05) is 12.3 Å². The van der Waals surface area contributed by atoms with Crippen LogP contribution in [0.25, 0.3) is 0 Å². The van der Waals surface area contributed by atoms with Crippen LogP contribution in [0.4, 0.5) is 0 Å². The van der Waals surface area contributed by atoms with Crippen molar-refractivity contribution in [3.05, 3.63) is 12.8 Å². The van der Waals surface area contributed by atoms with Gasteiger partial charge in [-0.3, -0.25) is 4.79 Å². The molecule has 3 unspecified atom stereocenters. The molecule has 3 atom stereocenters. The van der Waals surface area contributed by atoms with Crippen LogP contribution in [-0.2, 0) is 19.4 Å². The minimum Gasteiger partial charge on any atom is -0.481 e. The maximum absolute atomic E-state index is 11.1. The summed E-state index contributed by atoms with van der Waals surface area (Å²) in [5, 5.41) is 8.55. The number of unbranched alkanes of at least 4 members (excludes halogenated alkanes) is 3. The van der Waals surface area contributed by atoms with E-state index in [0.29, 0.717) is 0 Å². The predicted octanol–water partition coefficient (Wildman–Crippen LogP) is 3.10. The fourth-order valence-corrected chi connectivity index (χ4v) is 2.87. The zero-order valence-electron chi connectivity index (χ0n) is 11.8. The van der Waals surface area contributed by atoms with E-state index in [1.54, 1.807) is 0 Å². The first kappa shape index (κ1) is 16.7. The van der Waals surface area contributed by atoms with E-state index in [4.69, 9.17) is 14.9 Å². The van der Waals surface area contributed by atoms with Gasteiger partial charge in [-0.25, -0.2) is 0 Å². The molecule has 0 aromatic carbocycles. The van der Waals surface area contributed by atoms with Crippen LogP contribution < -0.4 is 0 Å². The lowest BCUT2D eigenvalue weighted by Gasteiger charge is -2.20. The van der Waals surface area contributed by atoms with Gasteiger partial charge in [-0.1, -0.05) is 25.8 Å². The Kier molecular flexibility index (Phi) is 7.95. The quantitative estimate of drug-likeness (QED) is 0.207. The fourth-order valence-electron chi connectivity index (χ4n) is 2.87. The van der Waals surface area contributed by atoms with Gasteiger partial charge in [0.1, 0.15) is 18.7 Å². The number of carboxylic acids is 1. The van der Waals surface area contributed by atoms with Crippen LogP contribution in [0.2, 0.25) is 0 Å². The molecule has 0 saturated heterocycles. The number of rotatable bonds is 11. The van der Waals surface area contributed by atoms with Crippen molar-refractivity contribution >= 4 is 12.3 Å². The Morgan fingerprint density at radius 2 is 2.00 bits per heavy atom.